The van der Waals surface area contributed by atoms with Crippen LogP contribution in [0.25, 0.3) is 0 Å². The molecule has 0 atom stereocenters. The van der Waals surface area contributed by atoms with Crippen LogP contribution in [0.5, 0.6) is 0 Å². The van der Waals surface area contributed by atoms with Gasteiger partial charge in [-0.05, 0) is 37.6 Å². The Kier molecular flexibility index (Phi) is 3.43. The Hall–Kier alpha value is -2.48. The fourth-order valence-electron chi connectivity index (χ4n) is 1.93. The number of aryl methyl sites for hydroxylation is 2. The summed E-state index contributed by atoms with van der Waals surface area (Å²) in [6, 6.07) is 7.31. The van der Waals surface area contributed by atoms with Crippen LogP contribution in [0.1, 0.15) is 22.6 Å². The lowest BCUT2D eigenvalue weighted by Crippen LogP contribution is -2.24. The zero-order valence-electron chi connectivity index (χ0n) is 10.6. The molecule has 0 aliphatic rings. The molecule has 0 saturated heterocycles. The number of aromatic nitrogens is 2. The molecule has 96 valence electrons. The van der Waals surface area contributed by atoms with Crippen molar-refractivity contribution in [1.29, 1.82) is 5.26 Å². The Morgan fingerprint density at radius 2 is 2.11 bits per heavy atom. The van der Waals surface area contributed by atoms with Crippen molar-refractivity contribution in [3.8, 4) is 6.07 Å². The minimum Gasteiger partial charge on any atom is -0.292 e. The van der Waals surface area contributed by atoms with Gasteiger partial charge in [-0.3, -0.25) is 9.36 Å². The van der Waals surface area contributed by atoms with Gasteiger partial charge in [-0.25, -0.2) is 9.37 Å². The van der Waals surface area contributed by atoms with Crippen LogP contribution in [-0.4, -0.2) is 9.55 Å². The Balaban J connectivity index is 2.51. The van der Waals surface area contributed by atoms with Gasteiger partial charge in [0.25, 0.3) is 5.56 Å². The summed E-state index contributed by atoms with van der Waals surface area (Å²) in [6.07, 6.45) is 0. The summed E-state index contributed by atoms with van der Waals surface area (Å²) in [7, 11) is 0. The Labute approximate surface area is 109 Å². The summed E-state index contributed by atoms with van der Waals surface area (Å²) in [5.41, 5.74) is 1.25. The van der Waals surface area contributed by atoms with Crippen molar-refractivity contribution in [2.75, 3.05) is 0 Å². The molecule has 0 amide bonds. The van der Waals surface area contributed by atoms with Crippen molar-refractivity contribution < 1.29 is 4.39 Å². The molecule has 0 bridgehead atoms. The van der Waals surface area contributed by atoms with Crippen LogP contribution in [0.15, 0.2) is 29.1 Å². The summed E-state index contributed by atoms with van der Waals surface area (Å²) in [4.78, 5) is 16.1. The lowest BCUT2D eigenvalue weighted by Gasteiger charge is -2.10. The molecule has 1 heterocycles. The average molecular weight is 257 g/mol. The van der Waals surface area contributed by atoms with Crippen molar-refractivity contribution in [3.63, 3.8) is 0 Å². The maximum Gasteiger partial charge on any atom is 0.254 e. The molecule has 0 unspecified atom stereocenters. The molecular weight excluding hydrogens is 245 g/mol. The molecule has 0 aliphatic carbocycles. The smallest absolute Gasteiger partial charge is 0.254 e. The van der Waals surface area contributed by atoms with E-state index in [-0.39, 0.29) is 12.1 Å². The highest BCUT2D eigenvalue weighted by Gasteiger charge is 2.08. The second-order valence-corrected chi connectivity index (χ2v) is 4.28. The van der Waals surface area contributed by atoms with Gasteiger partial charge in [0, 0.05) is 11.8 Å². The first-order valence-corrected chi connectivity index (χ1v) is 5.75. The van der Waals surface area contributed by atoms with E-state index < -0.39 is 5.82 Å². The van der Waals surface area contributed by atoms with E-state index in [4.69, 9.17) is 5.26 Å². The third kappa shape index (κ3) is 2.68. The van der Waals surface area contributed by atoms with Gasteiger partial charge >= 0.3 is 0 Å². The van der Waals surface area contributed by atoms with Crippen molar-refractivity contribution >= 4 is 0 Å². The van der Waals surface area contributed by atoms with Gasteiger partial charge in [-0.2, -0.15) is 5.26 Å². The number of benzene rings is 1. The maximum atomic E-state index is 13.2. The molecule has 5 heteroatoms. The molecule has 0 radical (unpaired) electrons. The number of nitriles is 1. The van der Waals surface area contributed by atoms with E-state index in [9.17, 15) is 9.18 Å². The van der Waals surface area contributed by atoms with Crippen molar-refractivity contribution in [1.82, 2.24) is 9.55 Å². The maximum absolute atomic E-state index is 13.2. The molecule has 2 aromatic rings. The summed E-state index contributed by atoms with van der Waals surface area (Å²) >= 11 is 0. The normalized spacial score (nSPS) is 10.2. The molecule has 0 saturated carbocycles. The van der Waals surface area contributed by atoms with E-state index in [0.717, 1.165) is 0 Å². The van der Waals surface area contributed by atoms with Gasteiger partial charge in [0.2, 0.25) is 0 Å². The third-order valence-corrected chi connectivity index (χ3v) is 2.84. The van der Waals surface area contributed by atoms with Crippen LogP contribution in [0.3, 0.4) is 0 Å². The number of rotatable bonds is 2. The predicted molar refractivity (Wildman–Crippen MR) is 68.2 cm³/mol. The molecule has 0 N–H and O–H groups in total. The van der Waals surface area contributed by atoms with Gasteiger partial charge < -0.3 is 0 Å². The average Bonchev–Trinajstić information content (AvgIpc) is 2.34. The first kappa shape index (κ1) is 13.0. The molecule has 1 aromatic carbocycles. The summed E-state index contributed by atoms with van der Waals surface area (Å²) in [5, 5.41) is 8.99. The number of nitrogens with zero attached hydrogens (tertiary/aromatic N) is 3. The molecule has 1 aromatic heterocycles. The van der Waals surface area contributed by atoms with E-state index in [2.05, 4.69) is 4.98 Å². The topological polar surface area (TPSA) is 58.7 Å². The third-order valence-electron chi connectivity index (χ3n) is 2.84. The molecule has 0 spiro atoms. The molecule has 2 rings (SSSR count). The van der Waals surface area contributed by atoms with Crippen LogP contribution < -0.4 is 5.56 Å². The van der Waals surface area contributed by atoms with Crippen molar-refractivity contribution in [3.05, 3.63) is 63.1 Å². The quantitative estimate of drug-likeness (QED) is 0.825. The fraction of sp³-hybridized carbons (Fsp3) is 0.214. The van der Waals surface area contributed by atoms with Gasteiger partial charge in [0.15, 0.2) is 0 Å². The second-order valence-electron chi connectivity index (χ2n) is 4.28. The van der Waals surface area contributed by atoms with Crippen molar-refractivity contribution in [2.45, 2.75) is 20.4 Å². The molecule has 0 fully saturated rings. The molecular formula is C14H12FN3O. The zero-order valence-corrected chi connectivity index (χ0v) is 10.6. The Morgan fingerprint density at radius 1 is 1.37 bits per heavy atom. The van der Waals surface area contributed by atoms with Gasteiger partial charge in [0.1, 0.15) is 11.6 Å². The Bertz CT molecular complexity index is 728. The van der Waals surface area contributed by atoms with Crippen LogP contribution in [0.2, 0.25) is 0 Å². The fourth-order valence-corrected chi connectivity index (χ4v) is 1.93. The Morgan fingerprint density at radius 3 is 2.74 bits per heavy atom. The standard InChI is InChI=1S/C14H12FN3O/c1-9-5-14(19)18(10(2)17-9)8-12-6-13(15)4-3-11(12)7-16/h3-6H,8H2,1-2H3. The first-order valence-electron chi connectivity index (χ1n) is 5.75. The number of hydrogen-bond donors (Lipinski definition) is 0. The first-order chi connectivity index (χ1) is 9.01. The van der Waals surface area contributed by atoms with E-state index >= 15 is 0 Å². The SMILES string of the molecule is Cc1cc(=O)n(Cc2cc(F)ccc2C#N)c(C)n1. The van der Waals surface area contributed by atoms with Crippen LogP contribution >= 0.6 is 0 Å². The molecule has 0 aliphatic heterocycles. The molecule has 19 heavy (non-hydrogen) atoms. The largest absolute Gasteiger partial charge is 0.292 e. The highest BCUT2D eigenvalue weighted by Crippen LogP contribution is 2.12. The van der Waals surface area contributed by atoms with E-state index in [1.807, 2.05) is 6.07 Å². The van der Waals surface area contributed by atoms with Gasteiger partial charge in [-0.1, -0.05) is 0 Å². The van der Waals surface area contributed by atoms with Gasteiger partial charge in [-0.15, -0.1) is 0 Å². The van der Waals surface area contributed by atoms with Crippen molar-refractivity contribution in [2.24, 2.45) is 0 Å². The number of hydrogen-bond acceptors (Lipinski definition) is 3. The summed E-state index contributed by atoms with van der Waals surface area (Å²) in [6.45, 7) is 3.58. The highest BCUT2D eigenvalue weighted by atomic mass is 19.1. The monoisotopic (exact) mass is 257 g/mol. The zero-order chi connectivity index (χ0) is 14.0. The van der Waals surface area contributed by atoms with E-state index in [1.165, 1.54) is 28.8 Å². The van der Waals surface area contributed by atoms with E-state index in [0.29, 0.717) is 22.6 Å². The lowest BCUT2D eigenvalue weighted by molar-refractivity contribution is 0.620. The molecule has 4 nitrogen and oxygen atoms in total. The van der Waals surface area contributed by atoms with Gasteiger partial charge in [0.05, 0.1) is 18.2 Å². The van der Waals surface area contributed by atoms with Crippen LogP contribution in [0, 0.1) is 31.0 Å². The summed E-state index contributed by atoms with van der Waals surface area (Å²) < 4.78 is 14.7. The summed E-state index contributed by atoms with van der Waals surface area (Å²) in [5.74, 6) is 0.109. The van der Waals surface area contributed by atoms with E-state index in [1.54, 1.807) is 13.8 Å². The lowest BCUT2D eigenvalue weighted by atomic mass is 10.1. The highest BCUT2D eigenvalue weighted by molar-refractivity contribution is 5.38. The van der Waals surface area contributed by atoms with Crippen LogP contribution in [0.4, 0.5) is 4.39 Å². The minimum absolute atomic E-state index is 0.137. The number of halogens is 1. The minimum atomic E-state index is -0.431. The predicted octanol–water partition coefficient (Wildman–Crippen LogP) is 1.92. The van der Waals surface area contributed by atoms with Crippen LogP contribution in [-0.2, 0) is 6.54 Å². The second kappa shape index (κ2) is 5.02.